The maximum absolute atomic E-state index is 14.5. The number of nitrogens with two attached hydrogens (primary N) is 1. The number of pyridine rings is 1. The van der Waals surface area contributed by atoms with Crippen LogP contribution >= 0.6 is 21.6 Å². The Morgan fingerprint density at radius 2 is 1.61 bits per heavy atom. The number of rotatable bonds is 24. The summed E-state index contributed by atoms with van der Waals surface area (Å²) in [6.07, 6.45) is 0.508. The van der Waals surface area contributed by atoms with Gasteiger partial charge in [-0.15, -0.1) is 0 Å². The van der Waals surface area contributed by atoms with E-state index >= 15 is 0 Å². The molecule has 2 aromatic heterocycles. The molecule has 4 aromatic rings. The van der Waals surface area contributed by atoms with Crippen LogP contribution in [-0.4, -0.2) is 142 Å². The Balaban J connectivity index is 0.990. The van der Waals surface area contributed by atoms with Crippen LogP contribution in [0.1, 0.15) is 93.6 Å². The number of aromatic nitrogens is 3. The fraction of sp³-hybridized carbons (Fsp3) is 0.537. The minimum atomic E-state index is -1.47. The Hall–Kier alpha value is -7.12. The topological polar surface area (TPSA) is 328 Å². The van der Waals surface area contributed by atoms with Crippen molar-refractivity contribution >= 4 is 68.5 Å². The molecule has 7 rings (SSSR count). The number of esters is 1. The van der Waals surface area contributed by atoms with E-state index < -0.39 is 102 Å². The third kappa shape index (κ3) is 17.7. The molecule has 3 fully saturated rings. The van der Waals surface area contributed by atoms with Crippen molar-refractivity contribution < 1.29 is 57.2 Å². The first-order valence-corrected chi connectivity index (χ1v) is 29.0. The Morgan fingerprint density at radius 1 is 0.912 bits per heavy atom. The zero-order chi connectivity index (χ0) is 57.3. The molecule has 0 bridgehead atoms. The van der Waals surface area contributed by atoms with Gasteiger partial charge in [-0.3, -0.25) is 38.4 Å². The molecular formula is C54H68N10O14S2. The van der Waals surface area contributed by atoms with Crippen molar-refractivity contribution in [1.29, 1.82) is 0 Å². The summed E-state index contributed by atoms with van der Waals surface area (Å²) in [6, 6.07) is 15.6. The van der Waals surface area contributed by atoms with Gasteiger partial charge in [-0.25, -0.2) is 19.4 Å². The molecular weight excluding hydrogens is 1080 g/mol. The fourth-order valence-electron chi connectivity index (χ4n) is 10.1. The maximum Gasteiger partial charge on any atom is 0.508 e. The number of amides is 3. The predicted molar refractivity (Wildman–Crippen MR) is 296 cm³/mol. The van der Waals surface area contributed by atoms with Crippen LogP contribution < -0.4 is 27.6 Å². The van der Waals surface area contributed by atoms with Crippen LogP contribution in [0.2, 0.25) is 0 Å². The molecule has 80 heavy (non-hydrogen) atoms. The van der Waals surface area contributed by atoms with E-state index in [1.54, 1.807) is 39.0 Å². The molecule has 1 saturated carbocycles. The highest BCUT2D eigenvalue weighted by molar-refractivity contribution is 8.76. The standard InChI is InChI=1S/C54H68N10O14S2/c1-32-28-64(51(70)60-47(32)66)46-27-40(61-62-56)44(76-46)31-75-52(71)73-20-22-79-80-23-21-74-53(72)77-43(30-63-29-36-16-9-8-15-35(36)25-42(63)50(69)78-54(2,3)4)39(24-33-12-6-5-7-13-33)58-49(68)41(26-45(55)65)59-48(67)38-19-18-34-14-10-11-17-37(34)57-38/h5-7,10-14,17-19,28,35-36,39-44,46H,8-9,15-16,20-27,29-31H2,1-4H3,(H2,55,65)(H,58,68)(H,59,67)(H,60,66,70)/t35-,36+,39-,40+,41?,42-,43+,44+,46+/m0/s1. The summed E-state index contributed by atoms with van der Waals surface area (Å²) in [5.74, 6) is -1.64. The smallest absolute Gasteiger partial charge is 0.459 e. The van der Waals surface area contributed by atoms with Gasteiger partial charge < -0.3 is 44.8 Å². The van der Waals surface area contributed by atoms with E-state index in [1.807, 2.05) is 47.4 Å². The van der Waals surface area contributed by atoms with Crippen molar-refractivity contribution in [2.75, 3.05) is 44.4 Å². The van der Waals surface area contributed by atoms with Gasteiger partial charge in [0.15, 0.2) is 0 Å². The van der Waals surface area contributed by atoms with Crippen molar-refractivity contribution in [1.82, 2.24) is 30.1 Å². The molecule has 4 heterocycles. The Bertz CT molecular complexity index is 2990. The molecule has 3 amide bonds. The third-order valence-electron chi connectivity index (χ3n) is 13.9. The number of para-hydroxylation sites is 1. The lowest BCUT2D eigenvalue weighted by Crippen LogP contribution is -2.60. The minimum Gasteiger partial charge on any atom is -0.459 e. The number of carbonyl (C=O) groups excluding carboxylic acids is 6. The predicted octanol–water partition coefficient (Wildman–Crippen LogP) is 6.04. The largest absolute Gasteiger partial charge is 0.508 e. The number of likely N-dealkylation sites (tertiary alicyclic amines) is 1. The van der Waals surface area contributed by atoms with E-state index in [0.717, 1.165) is 36.6 Å². The lowest BCUT2D eigenvalue weighted by Gasteiger charge is -2.46. The number of azide groups is 1. The highest BCUT2D eigenvalue weighted by atomic mass is 33.1. The number of H-pyrrole nitrogens is 1. The normalized spacial score (nSPS) is 21.1. The number of primary amides is 1. The number of fused-ring (bicyclic) bond motifs is 2. The third-order valence-corrected chi connectivity index (χ3v) is 16.2. The molecule has 3 aliphatic rings. The molecule has 1 aliphatic carbocycles. The number of nitrogens with one attached hydrogen (secondary N) is 3. The number of piperidine rings is 1. The van der Waals surface area contributed by atoms with Crippen LogP contribution in [0.15, 0.2) is 87.6 Å². The average Bonchev–Trinajstić information content (AvgIpc) is 3.85. The first-order chi connectivity index (χ1) is 38.3. The van der Waals surface area contributed by atoms with E-state index in [1.165, 1.54) is 45.3 Å². The van der Waals surface area contributed by atoms with Gasteiger partial charge in [0, 0.05) is 53.1 Å². The molecule has 0 spiro atoms. The molecule has 2 aromatic carbocycles. The molecule has 2 aliphatic heterocycles. The van der Waals surface area contributed by atoms with Gasteiger partial charge in [-0.2, -0.15) is 0 Å². The summed E-state index contributed by atoms with van der Waals surface area (Å²) in [5.41, 5.74) is 14.3. The highest BCUT2D eigenvalue weighted by Gasteiger charge is 2.44. The van der Waals surface area contributed by atoms with Crippen LogP contribution in [0.4, 0.5) is 9.59 Å². The van der Waals surface area contributed by atoms with E-state index in [0.29, 0.717) is 24.2 Å². The van der Waals surface area contributed by atoms with Crippen LogP contribution in [0, 0.1) is 18.8 Å². The summed E-state index contributed by atoms with van der Waals surface area (Å²) in [6.45, 7) is 6.90. The summed E-state index contributed by atoms with van der Waals surface area (Å²) < 4.78 is 35.2. The Labute approximate surface area is 469 Å². The minimum absolute atomic E-state index is 0.00622. The monoisotopic (exact) mass is 1140 g/mol. The van der Waals surface area contributed by atoms with Gasteiger partial charge in [0.1, 0.15) is 61.6 Å². The van der Waals surface area contributed by atoms with E-state index in [9.17, 15) is 38.4 Å². The Kier molecular flexibility index (Phi) is 21.8. The fourth-order valence-corrected chi connectivity index (χ4v) is 11.7. The number of hydrogen-bond acceptors (Lipinski definition) is 19. The molecule has 1 unspecified atom stereocenters. The van der Waals surface area contributed by atoms with E-state index in [2.05, 4.69) is 30.6 Å². The van der Waals surface area contributed by atoms with Crippen LogP contribution in [0.3, 0.4) is 0 Å². The molecule has 2 saturated heterocycles. The van der Waals surface area contributed by atoms with Gasteiger partial charge in [-0.05, 0) is 82.0 Å². The van der Waals surface area contributed by atoms with E-state index in [-0.39, 0.29) is 68.1 Å². The van der Waals surface area contributed by atoms with Crippen LogP contribution in [0.5, 0.6) is 0 Å². The second-order valence-corrected chi connectivity index (χ2v) is 23.6. The first-order valence-electron chi connectivity index (χ1n) is 26.5. The summed E-state index contributed by atoms with van der Waals surface area (Å²) >= 11 is 0. The molecule has 9 atom stereocenters. The first kappa shape index (κ1) is 60.5. The zero-order valence-corrected chi connectivity index (χ0v) is 46.7. The molecule has 0 radical (unpaired) electrons. The zero-order valence-electron chi connectivity index (χ0n) is 45.0. The second kappa shape index (κ2) is 28.9. The maximum atomic E-state index is 14.5. The lowest BCUT2D eigenvalue weighted by atomic mass is 9.72. The lowest BCUT2D eigenvalue weighted by molar-refractivity contribution is -0.166. The summed E-state index contributed by atoms with van der Waals surface area (Å²) in [7, 11) is 2.65. The van der Waals surface area contributed by atoms with Gasteiger partial charge in [0.2, 0.25) is 11.8 Å². The van der Waals surface area contributed by atoms with Crippen molar-refractivity contribution in [3.63, 3.8) is 0 Å². The number of hydrogen-bond donors (Lipinski definition) is 4. The van der Waals surface area contributed by atoms with Crippen LogP contribution in [0.25, 0.3) is 21.3 Å². The molecule has 24 nitrogen and oxygen atoms in total. The number of aryl methyl sites for hydroxylation is 1. The SMILES string of the molecule is Cc1cn([C@H]2C[C@@H](N=[N+]=[N-])[C@@H](COC(=O)OCCSSCCOC(=O)O[C@H](CN3C[C@H]4CCCC[C@H]4C[C@H]3C(=O)OC(C)(C)C)[C@H](Cc3ccccc3)NC(=O)C(CC(N)=O)NC(=O)c3ccc4ccccc4n3)O2)c(=O)[nH]c1=O. The van der Waals surface area contributed by atoms with Crippen LogP contribution in [-0.2, 0) is 49.2 Å². The molecule has 430 valence electrons. The van der Waals surface area contributed by atoms with Gasteiger partial charge in [0.25, 0.3) is 11.5 Å². The van der Waals surface area contributed by atoms with Crippen molar-refractivity contribution in [2.45, 2.75) is 127 Å². The number of benzene rings is 2. The number of aromatic amines is 1. The number of ether oxygens (including phenoxy) is 6. The van der Waals surface area contributed by atoms with E-state index in [4.69, 9.17) is 39.7 Å². The number of carbonyl (C=O) groups is 6. The summed E-state index contributed by atoms with van der Waals surface area (Å²) in [4.78, 5) is 117. The quantitative estimate of drug-likeness (QED) is 0.0118. The van der Waals surface area contributed by atoms with Crippen molar-refractivity contribution in [2.24, 2.45) is 22.7 Å². The highest BCUT2D eigenvalue weighted by Crippen LogP contribution is 2.40. The van der Waals surface area contributed by atoms with Gasteiger partial charge in [0.05, 0.1) is 24.0 Å². The van der Waals surface area contributed by atoms with Gasteiger partial charge in [-0.1, -0.05) is 101 Å². The second-order valence-electron chi connectivity index (χ2n) is 20.9. The van der Waals surface area contributed by atoms with Gasteiger partial charge >= 0.3 is 24.0 Å². The molecule has 5 N–H and O–H groups in total. The average molecular weight is 1150 g/mol. The number of nitrogens with zero attached hydrogens (tertiary/aromatic N) is 6. The van der Waals surface area contributed by atoms with Crippen molar-refractivity contribution in [3.05, 3.63) is 121 Å². The Morgan fingerprint density at radius 3 is 2.33 bits per heavy atom. The van der Waals surface area contributed by atoms with Crippen molar-refractivity contribution in [3.8, 4) is 0 Å². The summed E-state index contributed by atoms with van der Waals surface area (Å²) in [5, 5.41) is 10.1. The molecule has 26 heteroatoms.